The van der Waals surface area contributed by atoms with Gasteiger partial charge in [-0.25, -0.2) is 17.1 Å². The van der Waals surface area contributed by atoms with Gasteiger partial charge in [-0.1, -0.05) is 12.1 Å². The predicted molar refractivity (Wildman–Crippen MR) is 113 cm³/mol. The largest absolute Gasteiger partial charge is 0.388 e. The van der Waals surface area contributed by atoms with Crippen LogP contribution in [0.25, 0.3) is 0 Å². The van der Waals surface area contributed by atoms with E-state index in [-0.39, 0.29) is 24.8 Å². The number of halogens is 1. The molecule has 30 heavy (non-hydrogen) atoms. The molecule has 8 nitrogen and oxygen atoms in total. The first-order valence-corrected chi connectivity index (χ1v) is 12.1. The highest BCUT2D eigenvalue weighted by molar-refractivity contribution is 7.88. The molecule has 0 radical (unpaired) electrons. The van der Waals surface area contributed by atoms with E-state index in [9.17, 15) is 22.7 Å². The molecule has 2 saturated heterocycles. The highest BCUT2D eigenvalue weighted by Gasteiger charge is 2.38. The molecular weight excluding hydrogens is 411 g/mol. The van der Waals surface area contributed by atoms with E-state index in [0.29, 0.717) is 51.3 Å². The maximum atomic E-state index is 14.1. The number of piperidine rings is 1. The van der Waals surface area contributed by atoms with Crippen molar-refractivity contribution in [2.75, 3.05) is 64.0 Å². The summed E-state index contributed by atoms with van der Waals surface area (Å²) in [4.78, 5) is 16.2. The summed E-state index contributed by atoms with van der Waals surface area (Å²) in [6.45, 7) is 2.64. The average Bonchev–Trinajstić information content (AvgIpc) is 2.91. The second kappa shape index (κ2) is 9.17. The van der Waals surface area contributed by atoms with Crippen LogP contribution in [-0.2, 0) is 14.8 Å². The minimum atomic E-state index is -3.42. The number of hydrogen-bond donors (Lipinski definition) is 2. The monoisotopic (exact) mass is 442 g/mol. The van der Waals surface area contributed by atoms with Crippen molar-refractivity contribution in [2.45, 2.75) is 18.4 Å². The van der Waals surface area contributed by atoms with Crippen molar-refractivity contribution in [3.05, 3.63) is 30.1 Å². The van der Waals surface area contributed by atoms with Gasteiger partial charge >= 0.3 is 0 Å². The third kappa shape index (κ3) is 5.48. The summed E-state index contributed by atoms with van der Waals surface area (Å²) < 4.78 is 39.5. The minimum absolute atomic E-state index is 0.133. The van der Waals surface area contributed by atoms with Crippen LogP contribution < -0.4 is 10.2 Å². The molecule has 0 unspecified atom stereocenters. The molecule has 0 saturated carbocycles. The number of carbonyl (C=O) groups is 1. The Hall–Kier alpha value is -1.75. The number of nitrogens with zero attached hydrogens (tertiary/aromatic N) is 3. The van der Waals surface area contributed by atoms with Crippen LogP contribution in [0.1, 0.15) is 12.8 Å². The molecule has 2 fully saturated rings. The second-order valence-corrected chi connectivity index (χ2v) is 10.3. The highest BCUT2D eigenvalue weighted by atomic mass is 32.2. The van der Waals surface area contributed by atoms with Crippen LogP contribution in [0.15, 0.2) is 24.3 Å². The third-order valence-corrected chi connectivity index (χ3v) is 7.33. The smallest absolute Gasteiger partial charge is 0.225 e. The lowest BCUT2D eigenvalue weighted by Crippen LogP contribution is -2.52. The Labute approximate surface area is 177 Å². The number of para-hydroxylation sites is 1. The molecule has 2 heterocycles. The van der Waals surface area contributed by atoms with Crippen molar-refractivity contribution in [1.82, 2.24) is 14.5 Å². The van der Waals surface area contributed by atoms with Gasteiger partial charge in [0.25, 0.3) is 0 Å². The molecule has 2 aliphatic heterocycles. The normalized spacial score (nSPS) is 23.7. The highest BCUT2D eigenvalue weighted by Crippen LogP contribution is 2.29. The van der Waals surface area contributed by atoms with Crippen LogP contribution in [0.3, 0.4) is 0 Å². The number of benzene rings is 1. The summed E-state index contributed by atoms with van der Waals surface area (Å²) in [7, 11) is -1.88. The Kier molecular flexibility index (Phi) is 7.01. The van der Waals surface area contributed by atoms with E-state index in [4.69, 9.17) is 0 Å². The van der Waals surface area contributed by atoms with Crippen LogP contribution >= 0.6 is 0 Å². The SMILES string of the molecule is CNC(=O)[C@H]1CN(CC2(O)CCN(c3ccccc3F)CC2)CCN(S(C)(=O)=O)C1. The maximum absolute atomic E-state index is 14.1. The van der Waals surface area contributed by atoms with Crippen molar-refractivity contribution < 1.29 is 22.7 Å². The molecule has 2 N–H and O–H groups in total. The average molecular weight is 443 g/mol. The molecule has 1 aromatic rings. The zero-order valence-corrected chi connectivity index (χ0v) is 18.4. The van der Waals surface area contributed by atoms with E-state index in [2.05, 4.69) is 5.32 Å². The molecule has 1 atom stereocenters. The summed E-state index contributed by atoms with van der Waals surface area (Å²) in [5.74, 6) is -0.990. The molecule has 3 rings (SSSR count). The number of anilines is 1. The number of nitrogens with one attached hydrogen (secondary N) is 1. The van der Waals surface area contributed by atoms with E-state index in [1.54, 1.807) is 18.2 Å². The maximum Gasteiger partial charge on any atom is 0.225 e. The first-order valence-electron chi connectivity index (χ1n) is 10.2. The van der Waals surface area contributed by atoms with Gasteiger partial charge in [0.15, 0.2) is 0 Å². The molecule has 1 amide bonds. The molecule has 0 bridgehead atoms. The van der Waals surface area contributed by atoms with Gasteiger partial charge < -0.3 is 15.3 Å². The number of hydrogen-bond acceptors (Lipinski definition) is 6. The minimum Gasteiger partial charge on any atom is -0.388 e. The van der Waals surface area contributed by atoms with Crippen LogP contribution in [-0.4, -0.2) is 93.4 Å². The first kappa shape index (κ1) is 22.9. The van der Waals surface area contributed by atoms with Gasteiger partial charge in [0.2, 0.25) is 15.9 Å². The number of sulfonamides is 1. The van der Waals surface area contributed by atoms with Gasteiger partial charge in [-0.2, -0.15) is 0 Å². The summed E-state index contributed by atoms with van der Waals surface area (Å²) in [6, 6.07) is 6.62. The molecule has 1 aromatic carbocycles. The quantitative estimate of drug-likeness (QED) is 0.672. The predicted octanol–water partition coefficient (Wildman–Crippen LogP) is 0.0964. The lowest BCUT2D eigenvalue weighted by Gasteiger charge is -2.42. The van der Waals surface area contributed by atoms with E-state index in [0.717, 1.165) is 6.26 Å². The Morgan fingerprint density at radius 1 is 1.20 bits per heavy atom. The van der Waals surface area contributed by atoms with Crippen molar-refractivity contribution >= 4 is 21.6 Å². The van der Waals surface area contributed by atoms with E-state index >= 15 is 0 Å². The molecular formula is C20H31FN4O4S. The van der Waals surface area contributed by atoms with E-state index in [1.807, 2.05) is 9.80 Å². The van der Waals surface area contributed by atoms with Gasteiger partial charge in [0.05, 0.1) is 23.5 Å². The van der Waals surface area contributed by atoms with Crippen molar-refractivity contribution in [2.24, 2.45) is 5.92 Å². The van der Waals surface area contributed by atoms with Crippen LogP contribution in [0, 0.1) is 11.7 Å². The van der Waals surface area contributed by atoms with Crippen LogP contribution in [0.5, 0.6) is 0 Å². The lowest BCUT2D eigenvalue weighted by molar-refractivity contribution is -0.125. The Morgan fingerprint density at radius 2 is 1.87 bits per heavy atom. The zero-order chi connectivity index (χ0) is 21.9. The fourth-order valence-corrected chi connectivity index (χ4v) is 5.18. The molecule has 10 heteroatoms. The molecule has 2 aliphatic rings. The molecule has 168 valence electrons. The summed E-state index contributed by atoms with van der Waals surface area (Å²) in [6.07, 6.45) is 2.09. The number of aliphatic hydroxyl groups is 1. The number of β-amino-alcohol motifs (C(OH)–C–C–N with tert-alkyl or cyclic N) is 1. The fraction of sp³-hybridized carbons (Fsp3) is 0.650. The molecule has 0 spiro atoms. The molecule has 0 aliphatic carbocycles. The Balaban J connectivity index is 1.66. The van der Waals surface area contributed by atoms with Crippen LogP contribution in [0.2, 0.25) is 0 Å². The fourth-order valence-electron chi connectivity index (χ4n) is 4.31. The van der Waals surface area contributed by atoms with Gasteiger partial charge in [0.1, 0.15) is 5.82 Å². The first-order chi connectivity index (χ1) is 14.1. The number of amides is 1. The standard InChI is InChI=1S/C20H31FN4O4S/c1-22-19(26)16-13-23(11-12-25(14-16)30(2,28)29)15-20(27)7-9-24(10-8-20)18-6-4-3-5-17(18)21/h3-6,16,27H,7-15H2,1-2H3,(H,22,26)/t16-/m0/s1. The Morgan fingerprint density at radius 3 is 2.47 bits per heavy atom. The topological polar surface area (TPSA) is 93.2 Å². The van der Waals surface area contributed by atoms with Crippen molar-refractivity contribution in [1.29, 1.82) is 0 Å². The van der Waals surface area contributed by atoms with Gasteiger partial charge in [-0.05, 0) is 25.0 Å². The zero-order valence-electron chi connectivity index (χ0n) is 17.6. The second-order valence-electron chi connectivity index (χ2n) is 8.33. The van der Waals surface area contributed by atoms with Gasteiger partial charge in [-0.3, -0.25) is 9.69 Å². The number of carbonyl (C=O) groups excluding carboxylic acids is 1. The Bertz CT molecular complexity index is 858. The van der Waals surface area contributed by atoms with E-state index in [1.165, 1.54) is 17.4 Å². The van der Waals surface area contributed by atoms with E-state index < -0.39 is 21.5 Å². The summed E-state index contributed by atoms with van der Waals surface area (Å²) in [5.41, 5.74) is -0.423. The summed E-state index contributed by atoms with van der Waals surface area (Å²) in [5, 5.41) is 13.8. The van der Waals surface area contributed by atoms with Crippen LogP contribution in [0.4, 0.5) is 10.1 Å². The van der Waals surface area contributed by atoms with Gasteiger partial charge in [-0.15, -0.1) is 0 Å². The lowest BCUT2D eigenvalue weighted by atomic mass is 9.90. The van der Waals surface area contributed by atoms with Gasteiger partial charge in [0, 0.05) is 52.9 Å². The number of rotatable bonds is 5. The van der Waals surface area contributed by atoms with Crippen molar-refractivity contribution in [3.8, 4) is 0 Å². The molecule has 0 aromatic heterocycles. The summed E-state index contributed by atoms with van der Waals surface area (Å²) >= 11 is 0. The van der Waals surface area contributed by atoms with Crippen molar-refractivity contribution in [3.63, 3.8) is 0 Å². The third-order valence-electron chi connectivity index (χ3n) is 6.06.